The lowest BCUT2D eigenvalue weighted by Gasteiger charge is -2.19. The first-order valence-electron chi connectivity index (χ1n) is 5.08. The van der Waals surface area contributed by atoms with Crippen LogP contribution >= 0.6 is 15.9 Å². The Morgan fingerprint density at radius 3 is 2.38 bits per heavy atom. The molecule has 0 spiro atoms. The van der Waals surface area contributed by atoms with Crippen molar-refractivity contribution in [3.8, 4) is 0 Å². The van der Waals surface area contributed by atoms with Crippen molar-refractivity contribution in [3.63, 3.8) is 0 Å². The molecule has 0 atom stereocenters. The quantitative estimate of drug-likeness (QED) is 0.827. The van der Waals surface area contributed by atoms with E-state index in [0.717, 1.165) is 15.8 Å². The first-order valence-corrected chi connectivity index (χ1v) is 5.87. The van der Waals surface area contributed by atoms with Gasteiger partial charge in [-0.1, -0.05) is 17.7 Å². The average Bonchev–Trinajstić information content (AvgIpc) is 2.29. The Bertz CT molecular complexity index is 480. The lowest BCUT2D eigenvalue weighted by Crippen LogP contribution is -2.09. The third kappa shape index (κ3) is 2.42. The van der Waals surface area contributed by atoms with Crippen molar-refractivity contribution in [2.45, 2.75) is 6.92 Å². The topological polar surface area (TPSA) is 16.1 Å². The van der Waals surface area contributed by atoms with E-state index in [4.69, 9.17) is 0 Å². The molecule has 3 heteroatoms. The summed E-state index contributed by atoms with van der Waals surface area (Å²) < 4.78 is 0.990. The number of rotatable bonds is 2. The van der Waals surface area contributed by atoms with Crippen LogP contribution < -0.4 is 4.90 Å². The highest BCUT2D eigenvalue weighted by Crippen LogP contribution is 2.24. The van der Waals surface area contributed by atoms with Crippen LogP contribution in [0.1, 0.15) is 5.56 Å². The Labute approximate surface area is 104 Å². The summed E-state index contributed by atoms with van der Waals surface area (Å²) in [6, 6.07) is 10.5. The zero-order valence-corrected chi connectivity index (χ0v) is 10.9. The van der Waals surface area contributed by atoms with Crippen LogP contribution in [-0.4, -0.2) is 12.0 Å². The molecule has 2 aromatic rings. The van der Waals surface area contributed by atoms with E-state index in [1.165, 1.54) is 5.56 Å². The molecule has 0 aliphatic rings. The SMILES string of the molecule is Cc1ccc(N(C)c2cncc(Br)c2)cc1. The number of hydrogen-bond donors (Lipinski definition) is 0. The van der Waals surface area contributed by atoms with Gasteiger partial charge in [0.2, 0.25) is 0 Å². The van der Waals surface area contributed by atoms with Crippen LogP contribution in [0.25, 0.3) is 0 Å². The summed E-state index contributed by atoms with van der Waals surface area (Å²) in [5.74, 6) is 0. The van der Waals surface area contributed by atoms with E-state index < -0.39 is 0 Å². The molecule has 0 saturated heterocycles. The molecule has 0 aliphatic carbocycles. The summed E-state index contributed by atoms with van der Waals surface area (Å²) in [4.78, 5) is 6.27. The summed E-state index contributed by atoms with van der Waals surface area (Å²) in [6.07, 6.45) is 3.64. The van der Waals surface area contributed by atoms with Gasteiger partial charge >= 0.3 is 0 Å². The predicted molar refractivity (Wildman–Crippen MR) is 71.2 cm³/mol. The van der Waals surface area contributed by atoms with E-state index in [1.54, 1.807) is 6.20 Å². The molecule has 2 nitrogen and oxygen atoms in total. The van der Waals surface area contributed by atoms with Gasteiger partial charge in [-0.05, 0) is 41.1 Å². The second kappa shape index (κ2) is 4.66. The molecule has 0 aliphatic heterocycles. The number of pyridine rings is 1. The van der Waals surface area contributed by atoms with Crippen LogP contribution in [0.2, 0.25) is 0 Å². The molecule has 0 amide bonds. The number of aryl methyl sites for hydroxylation is 1. The lowest BCUT2D eigenvalue weighted by atomic mass is 10.2. The Morgan fingerprint density at radius 2 is 1.75 bits per heavy atom. The second-order valence-corrected chi connectivity index (χ2v) is 4.67. The zero-order valence-electron chi connectivity index (χ0n) is 9.31. The normalized spacial score (nSPS) is 10.2. The monoisotopic (exact) mass is 276 g/mol. The molecule has 0 fully saturated rings. The molecule has 16 heavy (non-hydrogen) atoms. The maximum absolute atomic E-state index is 4.16. The highest BCUT2D eigenvalue weighted by molar-refractivity contribution is 9.10. The maximum Gasteiger partial charge on any atom is 0.0605 e. The van der Waals surface area contributed by atoms with Crippen molar-refractivity contribution in [1.29, 1.82) is 0 Å². The van der Waals surface area contributed by atoms with Crippen LogP contribution in [0.4, 0.5) is 11.4 Å². The molecule has 0 radical (unpaired) electrons. The van der Waals surface area contributed by atoms with Gasteiger partial charge in [0.1, 0.15) is 0 Å². The number of halogens is 1. The largest absolute Gasteiger partial charge is 0.343 e. The summed E-state index contributed by atoms with van der Waals surface area (Å²) in [5.41, 5.74) is 3.49. The van der Waals surface area contributed by atoms with Gasteiger partial charge in [0.15, 0.2) is 0 Å². The Hall–Kier alpha value is -1.35. The molecular weight excluding hydrogens is 264 g/mol. The van der Waals surface area contributed by atoms with Gasteiger partial charge in [-0.25, -0.2) is 0 Å². The summed E-state index contributed by atoms with van der Waals surface area (Å²) in [6.45, 7) is 2.09. The molecule has 1 heterocycles. The molecule has 2 rings (SSSR count). The van der Waals surface area contributed by atoms with Gasteiger partial charge in [0, 0.05) is 23.4 Å². The molecule has 0 saturated carbocycles. The summed E-state index contributed by atoms with van der Waals surface area (Å²) in [7, 11) is 2.04. The van der Waals surface area contributed by atoms with Crippen LogP contribution in [0.5, 0.6) is 0 Å². The number of anilines is 2. The Morgan fingerprint density at radius 1 is 1.06 bits per heavy atom. The highest BCUT2D eigenvalue weighted by Gasteiger charge is 2.03. The standard InChI is InChI=1S/C13H13BrN2/c1-10-3-5-12(6-4-10)16(2)13-7-11(14)8-15-9-13/h3-9H,1-2H3. The fourth-order valence-electron chi connectivity index (χ4n) is 1.50. The van der Waals surface area contributed by atoms with Crippen molar-refractivity contribution in [2.24, 2.45) is 0 Å². The van der Waals surface area contributed by atoms with Gasteiger partial charge in [0.25, 0.3) is 0 Å². The van der Waals surface area contributed by atoms with Crippen LogP contribution in [0, 0.1) is 6.92 Å². The molecule has 82 valence electrons. The van der Waals surface area contributed by atoms with Crippen molar-refractivity contribution < 1.29 is 0 Å². The first kappa shape index (κ1) is 11.1. The van der Waals surface area contributed by atoms with Crippen molar-refractivity contribution in [2.75, 3.05) is 11.9 Å². The number of hydrogen-bond acceptors (Lipinski definition) is 2. The Kier molecular flexibility index (Phi) is 3.25. The first-order chi connectivity index (χ1) is 7.66. The van der Waals surface area contributed by atoms with Crippen LogP contribution in [-0.2, 0) is 0 Å². The molecule has 0 bridgehead atoms. The molecule has 1 aromatic carbocycles. The third-order valence-electron chi connectivity index (χ3n) is 2.50. The minimum atomic E-state index is 0.990. The molecule has 0 N–H and O–H groups in total. The maximum atomic E-state index is 4.16. The van der Waals surface area contributed by atoms with E-state index >= 15 is 0 Å². The van der Waals surface area contributed by atoms with Gasteiger partial charge in [-0.3, -0.25) is 4.98 Å². The van der Waals surface area contributed by atoms with E-state index in [2.05, 4.69) is 57.0 Å². The van der Waals surface area contributed by atoms with Crippen LogP contribution in [0.15, 0.2) is 47.2 Å². The van der Waals surface area contributed by atoms with E-state index in [0.29, 0.717) is 0 Å². The zero-order chi connectivity index (χ0) is 11.5. The lowest BCUT2D eigenvalue weighted by molar-refractivity contribution is 1.17. The second-order valence-electron chi connectivity index (χ2n) is 3.76. The van der Waals surface area contributed by atoms with E-state index in [9.17, 15) is 0 Å². The fraction of sp³-hybridized carbons (Fsp3) is 0.154. The third-order valence-corrected chi connectivity index (χ3v) is 2.93. The Balaban J connectivity index is 2.31. The fourth-order valence-corrected chi connectivity index (χ4v) is 1.85. The smallest absolute Gasteiger partial charge is 0.0605 e. The summed E-state index contributed by atoms with van der Waals surface area (Å²) >= 11 is 3.43. The number of aromatic nitrogens is 1. The van der Waals surface area contributed by atoms with Crippen molar-refractivity contribution in [3.05, 3.63) is 52.8 Å². The van der Waals surface area contributed by atoms with Gasteiger partial charge in [0.05, 0.1) is 11.9 Å². The number of nitrogens with zero attached hydrogens (tertiary/aromatic N) is 2. The average molecular weight is 277 g/mol. The minimum Gasteiger partial charge on any atom is -0.343 e. The van der Waals surface area contributed by atoms with E-state index in [1.807, 2.05) is 19.3 Å². The van der Waals surface area contributed by atoms with Gasteiger partial charge in [-0.2, -0.15) is 0 Å². The summed E-state index contributed by atoms with van der Waals surface area (Å²) in [5, 5.41) is 0. The minimum absolute atomic E-state index is 0.990. The van der Waals surface area contributed by atoms with Gasteiger partial charge < -0.3 is 4.90 Å². The molecule has 1 aromatic heterocycles. The van der Waals surface area contributed by atoms with Crippen molar-refractivity contribution >= 4 is 27.3 Å². The van der Waals surface area contributed by atoms with Crippen molar-refractivity contribution in [1.82, 2.24) is 4.98 Å². The molecular formula is C13H13BrN2. The number of benzene rings is 1. The predicted octanol–water partition coefficient (Wildman–Crippen LogP) is 3.92. The van der Waals surface area contributed by atoms with E-state index in [-0.39, 0.29) is 0 Å². The van der Waals surface area contributed by atoms with Gasteiger partial charge in [-0.15, -0.1) is 0 Å². The highest BCUT2D eigenvalue weighted by atomic mass is 79.9. The van der Waals surface area contributed by atoms with Crippen LogP contribution in [0.3, 0.4) is 0 Å². The molecule has 0 unspecified atom stereocenters.